The standard InChI is InChI=1S/C18H23N3O3S2/c1-11-4-3-5-14(12(11)2)21-15(22)8-24-16(23)9-26-18-13-6-7-25-17(13)19-10-20-18/h6-7,10-12,14H,3-5,8-9H2,1-2H3,(H,21,22)/t11-,12-,14+/m1/s1. The average Bonchev–Trinajstić information content (AvgIpc) is 3.11. The number of rotatable bonds is 6. The summed E-state index contributed by atoms with van der Waals surface area (Å²) in [6, 6.07) is 2.11. The molecular weight excluding hydrogens is 370 g/mol. The molecular formula is C18H23N3O3S2. The quantitative estimate of drug-likeness (QED) is 0.461. The minimum absolute atomic E-state index is 0.117. The van der Waals surface area contributed by atoms with Gasteiger partial charge in [-0.25, -0.2) is 9.97 Å². The van der Waals surface area contributed by atoms with Crippen molar-refractivity contribution in [2.75, 3.05) is 12.4 Å². The van der Waals surface area contributed by atoms with Crippen LogP contribution in [0, 0.1) is 11.8 Å². The molecule has 0 aliphatic heterocycles. The first-order valence-electron chi connectivity index (χ1n) is 8.80. The largest absolute Gasteiger partial charge is 0.455 e. The number of thioether (sulfide) groups is 1. The molecule has 1 saturated carbocycles. The second-order valence-electron chi connectivity index (χ2n) is 6.71. The third-order valence-electron chi connectivity index (χ3n) is 4.97. The summed E-state index contributed by atoms with van der Waals surface area (Å²) < 4.78 is 5.11. The van der Waals surface area contributed by atoms with Gasteiger partial charge in [-0.2, -0.15) is 0 Å². The molecule has 2 heterocycles. The van der Waals surface area contributed by atoms with Gasteiger partial charge in [0, 0.05) is 11.4 Å². The molecule has 1 amide bonds. The summed E-state index contributed by atoms with van der Waals surface area (Å²) in [6.45, 7) is 4.16. The Morgan fingerprint density at radius 2 is 2.19 bits per heavy atom. The SMILES string of the molecule is C[C@@H]1[C@H](C)CCC[C@@H]1NC(=O)COC(=O)CSc1ncnc2sccc12. The molecule has 1 aliphatic rings. The number of nitrogens with one attached hydrogen (secondary N) is 1. The fourth-order valence-electron chi connectivity index (χ4n) is 3.23. The van der Waals surface area contributed by atoms with E-state index in [1.807, 2.05) is 11.4 Å². The van der Waals surface area contributed by atoms with Crippen LogP contribution < -0.4 is 5.32 Å². The van der Waals surface area contributed by atoms with E-state index in [1.165, 1.54) is 35.8 Å². The Balaban J connectivity index is 1.42. The number of ether oxygens (including phenoxy) is 1. The number of thiophene rings is 1. The maximum atomic E-state index is 12.1. The lowest BCUT2D eigenvalue weighted by atomic mass is 9.78. The molecule has 1 aliphatic carbocycles. The van der Waals surface area contributed by atoms with E-state index in [2.05, 4.69) is 29.1 Å². The zero-order valence-electron chi connectivity index (χ0n) is 14.9. The molecule has 3 atom stereocenters. The van der Waals surface area contributed by atoms with Crippen molar-refractivity contribution in [2.24, 2.45) is 11.8 Å². The van der Waals surface area contributed by atoms with Gasteiger partial charge >= 0.3 is 5.97 Å². The van der Waals surface area contributed by atoms with Gasteiger partial charge in [0.05, 0.1) is 5.75 Å². The summed E-state index contributed by atoms with van der Waals surface area (Å²) >= 11 is 2.83. The molecule has 0 bridgehead atoms. The highest BCUT2D eigenvalue weighted by Crippen LogP contribution is 2.29. The lowest BCUT2D eigenvalue weighted by Gasteiger charge is -2.34. The molecule has 2 aromatic heterocycles. The van der Waals surface area contributed by atoms with Gasteiger partial charge in [0.1, 0.15) is 16.2 Å². The molecule has 0 unspecified atom stereocenters. The van der Waals surface area contributed by atoms with Gasteiger partial charge in [0.25, 0.3) is 5.91 Å². The summed E-state index contributed by atoms with van der Waals surface area (Å²) in [6.07, 6.45) is 4.82. The third-order valence-corrected chi connectivity index (χ3v) is 6.77. The first kappa shape index (κ1) is 19.1. The van der Waals surface area contributed by atoms with Gasteiger partial charge in [-0.15, -0.1) is 11.3 Å². The Labute approximate surface area is 161 Å². The summed E-state index contributed by atoms with van der Waals surface area (Å²) in [5, 5.41) is 6.64. The molecule has 0 spiro atoms. The van der Waals surface area contributed by atoms with Crippen molar-refractivity contribution in [3.8, 4) is 0 Å². The highest BCUT2D eigenvalue weighted by atomic mass is 32.2. The number of fused-ring (bicyclic) bond motifs is 1. The van der Waals surface area contributed by atoms with Gasteiger partial charge in [0.15, 0.2) is 6.61 Å². The number of hydrogen-bond donors (Lipinski definition) is 1. The van der Waals surface area contributed by atoms with E-state index in [1.54, 1.807) is 0 Å². The molecule has 8 heteroatoms. The fourth-order valence-corrected chi connectivity index (χ4v) is 4.81. The second-order valence-corrected chi connectivity index (χ2v) is 8.57. The fraction of sp³-hybridized carbons (Fsp3) is 0.556. The average molecular weight is 394 g/mol. The van der Waals surface area contributed by atoms with E-state index in [0.717, 1.165) is 28.1 Å². The number of carbonyl (C=O) groups is 2. The highest BCUT2D eigenvalue weighted by Gasteiger charge is 2.28. The topological polar surface area (TPSA) is 81.2 Å². The Hall–Kier alpha value is -1.67. The van der Waals surface area contributed by atoms with Gasteiger partial charge in [0.2, 0.25) is 0 Å². The zero-order chi connectivity index (χ0) is 18.5. The Kier molecular flexibility index (Phi) is 6.48. The first-order valence-corrected chi connectivity index (χ1v) is 10.7. The molecule has 3 rings (SSSR count). The van der Waals surface area contributed by atoms with Crippen molar-refractivity contribution in [2.45, 2.75) is 44.2 Å². The smallest absolute Gasteiger partial charge is 0.316 e. The second kappa shape index (κ2) is 8.81. The Bertz CT molecular complexity index is 780. The summed E-state index contributed by atoms with van der Waals surface area (Å²) in [5.74, 6) is 0.528. The van der Waals surface area contributed by atoms with Gasteiger partial charge < -0.3 is 10.1 Å². The van der Waals surface area contributed by atoms with Crippen LogP contribution in [-0.4, -0.2) is 40.2 Å². The normalized spacial score (nSPS) is 22.9. The van der Waals surface area contributed by atoms with Crippen molar-refractivity contribution in [3.05, 3.63) is 17.8 Å². The zero-order valence-corrected chi connectivity index (χ0v) is 16.6. The maximum absolute atomic E-state index is 12.1. The minimum atomic E-state index is -0.419. The van der Waals surface area contributed by atoms with Gasteiger partial charge in [-0.05, 0) is 29.7 Å². The first-order chi connectivity index (χ1) is 12.5. The molecule has 0 radical (unpaired) electrons. The Morgan fingerprint density at radius 1 is 1.35 bits per heavy atom. The number of aromatic nitrogens is 2. The number of nitrogens with zero attached hydrogens (tertiary/aromatic N) is 2. The van der Waals surface area contributed by atoms with E-state index in [-0.39, 0.29) is 24.3 Å². The molecule has 0 saturated heterocycles. The number of carbonyl (C=O) groups excluding carboxylic acids is 2. The van der Waals surface area contributed by atoms with Gasteiger partial charge in [-0.1, -0.05) is 38.5 Å². The van der Waals surface area contributed by atoms with Crippen LogP contribution in [0.1, 0.15) is 33.1 Å². The van der Waals surface area contributed by atoms with Crippen molar-refractivity contribution < 1.29 is 14.3 Å². The predicted octanol–water partition coefficient (Wildman–Crippen LogP) is 3.27. The third kappa shape index (κ3) is 4.73. The van der Waals surface area contributed by atoms with Crippen LogP contribution in [0.4, 0.5) is 0 Å². The molecule has 2 aromatic rings. The van der Waals surface area contributed by atoms with Crippen LogP contribution in [0.3, 0.4) is 0 Å². The monoisotopic (exact) mass is 393 g/mol. The lowest BCUT2D eigenvalue weighted by molar-refractivity contribution is -0.146. The number of amides is 1. The van der Waals surface area contributed by atoms with Crippen LogP contribution in [-0.2, 0) is 14.3 Å². The molecule has 6 nitrogen and oxygen atoms in total. The van der Waals surface area contributed by atoms with E-state index < -0.39 is 5.97 Å². The van der Waals surface area contributed by atoms with E-state index >= 15 is 0 Å². The van der Waals surface area contributed by atoms with E-state index in [0.29, 0.717) is 11.8 Å². The summed E-state index contributed by atoms with van der Waals surface area (Å²) in [5.41, 5.74) is 0. The van der Waals surface area contributed by atoms with Crippen molar-refractivity contribution >= 4 is 45.2 Å². The molecule has 0 aromatic carbocycles. The van der Waals surface area contributed by atoms with Gasteiger partial charge in [-0.3, -0.25) is 9.59 Å². The Morgan fingerprint density at radius 3 is 3.04 bits per heavy atom. The number of hydrogen-bond acceptors (Lipinski definition) is 7. The van der Waals surface area contributed by atoms with Crippen LogP contribution >= 0.6 is 23.1 Å². The number of esters is 1. The van der Waals surface area contributed by atoms with Crippen molar-refractivity contribution in [1.82, 2.24) is 15.3 Å². The van der Waals surface area contributed by atoms with Crippen molar-refractivity contribution in [3.63, 3.8) is 0 Å². The van der Waals surface area contributed by atoms with Crippen LogP contribution in [0.25, 0.3) is 10.2 Å². The molecule has 1 N–H and O–H groups in total. The van der Waals surface area contributed by atoms with Crippen molar-refractivity contribution in [1.29, 1.82) is 0 Å². The maximum Gasteiger partial charge on any atom is 0.316 e. The molecule has 1 fully saturated rings. The predicted molar refractivity (Wildman–Crippen MR) is 103 cm³/mol. The molecule has 140 valence electrons. The van der Waals surface area contributed by atoms with Crippen LogP contribution in [0.5, 0.6) is 0 Å². The summed E-state index contributed by atoms with van der Waals surface area (Å²) in [7, 11) is 0. The van der Waals surface area contributed by atoms with E-state index in [9.17, 15) is 9.59 Å². The summed E-state index contributed by atoms with van der Waals surface area (Å²) in [4.78, 5) is 33.3. The highest BCUT2D eigenvalue weighted by molar-refractivity contribution is 8.00. The minimum Gasteiger partial charge on any atom is -0.455 e. The van der Waals surface area contributed by atoms with Crippen LogP contribution in [0.2, 0.25) is 0 Å². The van der Waals surface area contributed by atoms with E-state index in [4.69, 9.17) is 4.74 Å². The lowest BCUT2D eigenvalue weighted by Crippen LogP contribution is -2.45. The van der Waals surface area contributed by atoms with Crippen LogP contribution in [0.15, 0.2) is 22.8 Å². The molecule has 26 heavy (non-hydrogen) atoms.